The molecule has 0 bridgehead atoms. The lowest BCUT2D eigenvalue weighted by atomic mass is 9.93. The third-order valence-corrected chi connectivity index (χ3v) is 5.00. The zero-order chi connectivity index (χ0) is 13.7. The van der Waals surface area contributed by atoms with Crippen molar-refractivity contribution in [3.63, 3.8) is 0 Å². The molecule has 2 rings (SSSR count). The minimum absolute atomic E-state index is 0.133. The highest BCUT2D eigenvalue weighted by Gasteiger charge is 2.29. The fourth-order valence-electron chi connectivity index (χ4n) is 3.18. The Hall–Kier alpha value is -0.280. The molecule has 2 fully saturated rings. The molecule has 0 aromatic rings. The van der Waals surface area contributed by atoms with Gasteiger partial charge >= 0.3 is 0 Å². The molecule has 1 aliphatic carbocycles. The number of carbonyl (C=O) groups excluding carboxylic acids is 1. The van der Waals surface area contributed by atoms with E-state index in [0.717, 1.165) is 32.3 Å². The average molecular weight is 288 g/mol. The second-order valence-electron chi connectivity index (χ2n) is 5.90. The van der Waals surface area contributed by atoms with E-state index in [1.807, 2.05) is 11.9 Å². The van der Waals surface area contributed by atoms with Crippen molar-refractivity contribution in [1.29, 1.82) is 0 Å². The Labute approximate surface area is 121 Å². The smallest absolute Gasteiger partial charge is 0.222 e. The Balaban J connectivity index is 1.74. The molecule has 3 nitrogen and oxygen atoms in total. The maximum Gasteiger partial charge on any atom is 0.222 e. The normalized spacial score (nSPS) is 32.0. The van der Waals surface area contributed by atoms with Gasteiger partial charge in [-0.3, -0.25) is 4.79 Å². The zero-order valence-corrected chi connectivity index (χ0v) is 12.7. The Kier molecular flexibility index (Phi) is 5.96. The average Bonchev–Trinajstić information content (AvgIpc) is 2.45. The molecule has 0 aromatic carbocycles. The third kappa shape index (κ3) is 4.35. The predicted octanol–water partition coefficient (Wildman–Crippen LogP) is 3.34. The molecule has 110 valence electrons. The van der Waals surface area contributed by atoms with Crippen LogP contribution in [0.3, 0.4) is 0 Å². The molecule has 0 aromatic heterocycles. The summed E-state index contributed by atoms with van der Waals surface area (Å²) in [5, 5.41) is 0.133. The van der Waals surface area contributed by atoms with Gasteiger partial charge in [-0.15, -0.1) is 11.6 Å². The molecule has 2 aliphatic rings. The summed E-state index contributed by atoms with van der Waals surface area (Å²) in [7, 11) is 1.91. The van der Waals surface area contributed by atoms with Crippen LogP contribution in [0.25, 0.3) is 0 Å². The molecule has 1 saturated carbocycles. The molecule has 1 heterocycles. The quantitative estimate of drug-likeness (QED) is 0.742. The number of alkyl halides is 1. The van der Waals surface area contributed by atoms with Crippen LogP contribution in [0.1, 0.15) is 57.8 Å². The van der Waals surface area contributed by atoms with Gasteiger partial charge < -0.3 is 9.64 Å². The monoisotopic (exact) mass is 287 g/mol. The molecule has 3 unspecified atom stereocenters. The topological polar surface area (TPSA) is 29.5 Å². The molecular weight excluding hydrogens is 262 g/mol. The van der Waals surface area contributed by atoms with Gasteiger partial charge in [0.2, 0.25) is 5.91 Å². The molecule has 1 amide bonds. The Morgan fingerprint density at radius 3 is 2.63 bits per heavy atom. The molecule has 4 heteroatoms. The van der Waals surface area contributed by atoms with E-state index in [1.165, 1.54) is 25.7 Å². The van der Waals surface area contributed by atoms with Gasteiger partial charge in [0.15, 0.2) is 0 Å². The standard InChI is InChI=1S/C15H26ClNO2/c1-17(14-8-3-2-7-13(14)16)15(18)10-9-12-6-4-5-11-19-12/h12-14H,2-11H2,1H3. The van der Waals surface area contributed by atoms with Gasteiger partial charge in [-0.05, 0) is 38.5 Å². The largest absolute Gasteiger partial charge is 0.378 e. The second-order valence-corrected chi connectivity index (χ2v) is 6.46. The van der Waals surface area contributed by atoms with Crippen LogP contribution in [0.4, 0.5) is 0 Å². The minimum atomic E-state index is 0.133. The molecule has 1 aliphatic heterocycles. The summed E-state index contributed by atoms with van der Waals surface area (Å²) in [6.07, 6.45) is 9.75. The first-order valence-electron chi connectivity index (χ1n) is 7.70. The van der Waals surface area contributed by atoms with Gasteiger partial charge in [-0.1, -0.05) is 12.8 Å². The summed E-state index contributed by atoms with van der Waals surface area (Å²) in [4.78, 5) is 14.1. The minimum Gasteiger partial charge on any atom is -0.378 e. The summed E-state index contributed by atoms with van der Waals surface area (Å²) in [6, 6.07) is 0.232. The first-order chi connectivity index (χ1) is 9.18. The molecule has 1 saturated heterocycles. The van der Waals surface area contributed by atoms with Gasteiger partial charge in [-0.25, -0.2) is 0 Å². The van der Waals surface area contributed by atoms with Gasteiger partial charge in [0.25, 0.3) is 0 Å². The van der Waals surface area contributed by atoms with Gasteiger partial charge in [0.1, 0.15) is 0 Å². The molecule has 19 heavy (non-hydrogen) atoms. The molecule has 0 radical (unpaired) electrons. The van der Waals surface area contributed by atoms with Crippen molar-refractivity contribution in [2.24, 2.45) is 0 Å². The number of hydrogen-bond donors (Lipinski definition) is 0. The van der Waals surface area contributed by atoms with Crippen molar-refractivity contribution >= 4 is 17.5 Å². The molecule has 0 spiro atoms. The van der Waals surface area contributed by atoms with Crippen molar-refractivity contribution in [3.8, 4) is 0 Å². The van der Waals surface area contributed by atoms with Crippen molar-refractivity contribution in [1.82, 2.24) is 4.90 Å². The highest BCUT2D eigenvalue weighted by molar-refractivity contribution is 6.21. The lowest BCUT2D eigenvalue weighted by Gasteiger charge is -2.35. The number of ether oxygens (including phenoxy) is 1. The van der Waals surface area contributed by atoms with E-state index >= 15 is 0 Å². The Bertz CT molecular complexity index is 292. The number of rotatable bonds is 4. The number of amides is 1. The SMILES string of the molecule is CN(C(=O)CCC1CCCCO1)C1CCCCC1Cl. The van der Waals surface area contributed by atoms with Crippen LogP contribution in [0.15, 0.2) is 0 Å². The van der Waals surface area contributed by atoms with E-state index in [2.05, 4.69) is 0 Å². The summed E-state index contributed by atoms with van der Waals surface area (Å²) in [5.74, 6) is 0.228. The van der Waals surface area contributed by atoms with Crippen molar-refractivity contribution < 1.29 is 9.53 Å². The van der Waals surface area contributed by atoms with Crippen LogP contribution in [-0.2, 0) is 9.53 Å². The van der Waals surface area contributed by atoms with Crippen LogP contribution >= 0.6 is 11.6 Å². The van der Waals surface area contributed by atoms with Crippen LogP contribution in [0.5, 0.6) is 0 Å². The number of carbonyl (C=O) groups is 1. The van der Waals surface area contributed by atoms with Gasteiger partial charge in [0.05, 0.1) is 11.5 Å². The maximum atomic E-state index is 12.2. The molecular formula is C15H26ClNO2. The zero-order valence-electron chi connectivity index (χ0n) is 11.9. The summed E-state index contributed by atoms with van der Waals surface area (Å²) >= 11 is 6.35. The van der Waals surface area contributed by atoms with Crippen LogP contribution in [0.2, 0.25) is 0 Å². The van der Waals surface area contributed by atoms with Crippen LogP contribution in [0, 0.1) is 0 Å². The Morgan fingerprint density at radius 1 is 1.21 bits per heavy atom. The fourth-order valence-corrected chi connectivity index (χ4v) is 3.63. The lowest BCUT2D eigenvalue weighted by Crippen LogP contribution is -2.44. The Morgan fingerprint density at radius 2 is 1.95 bits per heavy atom. The maximum absolute atomic E-state index is 12.2. The highest BCUT2D eigenvalue weighted by atomic mass is 35.5. The lowest BCUT2D eigenvalue weighted by molar-refractivity contribution is -0.133. The fraction of sp³-hybridized carbons (Fsp3) is 0.933. The van der Waals surface area contributed by atoms with E-state index in [0.29, 0.717) is 12.5 Å². The van der Waals surface area contributed by atoms with E-state index in [4.69, 9.17) is 16.3 Å². The molecule has 0 N–H and O–H groups in total. The van der Waals surface area contributed by atoms with Gasteiger partial charge in [-0.2, -0.15) is 0 Å². The van der Waals surface area contributed by atoms with Crippen LogP contribution in [-0.4, -0.2) is 42.0 Å². The van der Waals surface area contributed by atoms with E-state index in [9.17, 15) is 4.79 Å². The van der Waals surface area contributed by atoms with Crippen molar-refractivity contribution in [2.75, 3.05) is 13.7 Å². The third-order valence-electron chi connectivity index (χ3n) is 4.49. The number of nitrogens with zero attached hydrogens (tertiary/aromatic N) is 1. The molecule has 3 atom stereocenters. The summed E-state index contributed by atoms with van der Waals surface area (Å²) in [6.45, 7) is 0.862. The summed E-state index contributed by atoms with van der Waals surface area (Å²) < 4.78 is 5.68. The number of hydrogen-bond acceptors (Lipinski definition) is 2. The van der Waals surface area contributed by atoms with Gasteiger partial charge in [0, 0.05) is 26.1 Å². The summed E-state index contributed by atoms with van der Waals surface area (Å²) in [5.41, 5.74) is 0. The predicted molar refractivity (Wildman–Crippen MR) is 77.5 cm³/mol. The first-order valence-corrected chi connectivity index (χ1v) is 8.13. The van der Waals surface area contributed by atoms with E-state index in [-0.39, 0.29) is 17.3 Å². The first kappa shape index (κ1) is 15.1. The van der Waals surface area contributed by atoms with Crippen molar-refractivity contribution in [3.05, 3.63) is 0 Å². The van der Waals surface area contributed by atoms with Crippen LogP contribution < -0.4 is 0 Å². The second kappa shape index (κ2) is 7.49. The van der Waals surface area contributed by atoms with E-state index in [1.54, 1.807) is 0 Å². The van der Waals surface area contributed by atoms with Crippen molar-refractivity contribution in [2.45, 2.75) is 75.3 Å². The van der Waals surface area contributed by atoms with E-state index < -0.39 is 0 Å². The highest BCUT2D eigenvalue weighted by Crippen LogP contribution is 2.27. The number of halogens is 1.